The molecule has 9 heteroatoms. The second-order valence-corrected chi connectivity index (χ2v) is 8.47. The molecule has 31 heavy (non-hydrogen) atoms. The number of sulfonamides is 1. The van der Waals surface area contributed by atoms with Gasteiger partial charge in [-0.2, -0.15) is 0 Å². The first kappa shape index (κ1) is 20.5. The average molecular weight is 435 g/mol. The van der Waals surface area contributed by atoms with Crippen LogP contribution in [-0.2, 0) is 16.6 Å². The first-order valence-corrected chi connectivity index (χ1v) is 10.8. The van der Waals surface area contributed by atoms with Crippen LogP contribution < -0.4 is 15.4 Å². The molecule has 3 N–H and O–H groups in total. The van der Waals surface area contributed by atoms with Crippen LogP contribution in [0.2, 0.25) is 0 Å². The highest BCUT2D eigenvalue weighted by molar-refractivity contribution is 7.89. The number of nitrogens with two attached hydrogens (primary N) is 1. The summed E-state index contributed by atoms with van der Waals surface area (Å²) in [4.78, 5) is 38.6. The molecule has 156 valence electrons. The van der Waals surface area contributed by atoms with Crippen molar-refractivity contribution >= 4 is 33.4 Å². The molecule has 3 amide bonds. The van der Waals surface area contributed by atoms with Crippen molar-refractivity contribution in [2.45, 2.75) is 11.4 Å². The first-order chi connectivity index (χ1) is 14.8. The SMILES string of the molecule is NS(=O)(=O)c1ccc(CNC(=O)c2ccc(N3C(=O)c4ccccc4C3=O)cc2)cc1. The van der Waals surface area contributed by atoms with Crippen LogP contribution in [0.5, 0.6) is 0 Å². The average Bonchev–Trinajstić information content (AvgIpc) is 3.02. The Kier molecular flexibility index (Phi) is 5.14. The lowest BCUT2D eigenvalue weighted by molar-refractivity contribution is 0.0923. The topological polar surface area (TPSA) is 127 Å². The zero-order valence-electron chi connectivity index (χ0n) is 16.1. The maximum absolute atomic E-state index is 12.6. The van der Waals surface area contributed by atoms with E-state index in [0.717, 1.165) is 4.90 Å². The molecule has 0 aromatic heterocycles. The van der Waals surface area contributed by atoms with Crippen molar-refractivity contribution in [1.29, 1.82) is 0 Å². The van der Waals surface area contributed by atoms with Crippen molar-refractivity contribution in [2.24, 2.45) is 5.14 Å². The fourth-order valence-electron chi connectivity index (χ4n) is 3.27. The van der Waals surface area contributed by atoms with E-state index in [9.17, 15) is 22.8 Å². The monoisotopic (exact) mass is 435 g/mol. The third kappa shape index (κ3) is 3.96. The van der Waals surface area contributed by atoms with Crippen LogP contribution in [0.25, 0.3) is 0 Å². The van der Waals surface area contributed by atoms with Gasteiger partial charge in [0.05, 0.1) is 21.7 Å². The van der Waals surface area contributed by atoms with Crippen molar-refractivity contribution in [3.05, 3.63) is 95.1 Å². The highest BCUT2D eigenvalue weighted by atomic mass is 32.2. The third-order valence-corrected chi connectivity index (χ3v) is 5.82. The van der Waals surface area contributed by atoms with E-state index in [1.54, 1.807) is 36.4 Å². The Bertz CT molecular complexity index is 1260. The van der Waals surface area contributed by atoms with Crippen molar-refractivity contribution in [1.82, 2.24) is 5.32 Å². The summed E-state index contributed by atoms with van der Waals surface area (Å²) in [6.45, 7) is 0.184. The first-order valence-electron chi connectivity index (χ1n) is 9.23. The fourth-order valence-corrected chi connectivity index (χ4v) is 3.78. The van der Waals surface area contributed by atoms with E-state index in [0.29, 0.717) is 27.9 Å². The summed E-state index contributed by atoms with van der Waals surface area (Å²) >= 11 is 0. The van der Waals surface area contributed by atoms with E-state index in [2.05, 4.69) is 5.32 Å². The van der Waals surface area contributed by atoms with Crippen LogP contribution in [0.15, 0.2) is 77.7 Å². The quantitative estimate of drug-likeness (QED) is 0.593. The lowest BCUT2D eigenvalue weighted by Crippen LogP contribution is -2.29. The number of primary sulfonamides is 1. The number of anilines is 1. The standard InChI is InChI=1S/C22H17N3O5S/c23-31(29,30)17-11-5-14(6-12-17)13-24-20(26)15-7-9-16(10-8-15)25-21(27)18-3-1-2-4-19(18)22(25)28/h1-12H,13H2,(H,24,26)(H2,23,29,30). The van der Waals surface area contributed by atoms with Crippen molar-refractivity contribution in [3.63, 3.8) is 0 Å². The number of carbonyl (C=O) groups is 3. The van der Waals surface area contributed by atoms with Gasteiger partial charge in [-0.05, 0) is 54.1 Å². The van der Waals surface area contributed by atoms with E-state index in [4.69, 9.17) is 5.14 Å². The molecule has 0 atom stereocenters. The number of benzene rings is 3. The molecule has 1 aliphatic rings. The second kappa shape index (κ2) is 7.78. The van der Waals surface area contributed by atoms with Gasteiger partial charge in [-0.3, -0.25) is 14.4 Å². The maximum atomic E-state index is 12.6. The lowest BCUT2D eigenvalue weighted by atomic mass is 10.1. The Hall–Kier alpha value is -3.82. The molecule has 1 aliphatic heterocycles. The Morgan fingerprint density at radius 2 is 1.39 bits per heavy atom. The number of hydrogen-bond acceptors (Lipinski definition) is 5. The molecular formula is C22H17N3O5S. The number of nitrogens with zero attached hydrogens (tertiary/aromatic N) is 1. The maximum Gasteiger partial charge on any atom is 0.266 e. The van der Waals surface area contributed by atoms with Crippen LogP contribution in [0.1, 0.15) is 36.6 Å². The third-order valence-electron chi connectivity index (χ3n) is 4.89. The van der Waals surface area contributed by atoms with Crippen molar-refractivity contribution in [2.75, 3.05) is 4.90 Å². The number of hydrogen-bond donors (Lipinski definition) is 2. The van der Waals surface area contributed by atoms with Gasteiger partial charge >= 0.3 is 0 Å². The fraction of sp³-hybridized carbons (Fsp3) is 0.0455. The molecule has 0 bridgehead atoms. The van der Waals surface area contributed by atoms with Gasteiger partial charge in [0, 0.05) is 12.1 Å². The molecule has 1 heterocycles. The van der Waals surface area contributed by atoms with Crippen molar-refractivity contribution in [3.8, 4) is 0 Å². The van der Waals surface area contributed by atoms with Crippen LogP contribution >= 0.6 is 0 Å². The van der Waals surface area contributed by atoms with Crippen LogP contribution in [0, 0.1) is 0 Å². The van der Waals surface area contributed by atoms with Crippen molar-refractivity contribution < 1.29 is 22.8 Å². The Labute approximate surface area is 178 Å². The molecule has 8 nitrogen and oxygen atoms in total. The summed E-state index contributed by atoms with van der Waals surface area (Å²) in [6, 6.07) is 18.6. The summed E-state index contributed by atoms with van der Waals surface area (Å²) in [5, 5.41) is 7.79. The zero-order chi connectivity index (χ0) is 22.2. The molecule has 0 unspecified atom stereocenters. The van der Waals surface area contributed by atoms with Gasteiger partial charge in [-0.25, -0.2) is 18.5 Å². The summed E-state index contributed by atoms with van der Waals surface area (Å²) in [6.07, 6.45) is 0. The normalized spacial score (nSPS) is 13.3. The Morgan fingerprint density at radius 3 is 1.90 bits per heavy atom. The molecule has 0 spiro atoms. The number of carbonyl (C=O) groups excluding carboxylic acids is 3. The minimum atomic E-state index is -3.77. The highest BCUT2D eigenvalue weighted by Gasteiger charge is 2.36. The molecule has 0 saturated carbocycles. The van der Waals surface area contributed by atoms with Gasteiger partial charge in [-0.15, -0.1) is 0 Å². The van der Waals surface area contributed by atoms with Crippen LogP contribution in [0.3, 0.4) is 0 Å². The van der Waals surface area contributed by atoms with E-state index in [1.165, 1.54) is 36.4 Å². The van der Waals surface area contributed by atoms with Gasteiger partial charge in [0.15, 0.2) is 0 Å². The van der Waals surface area contributed by atoms with Crippen LogP contribution in [0.4, 0.5) is 5.69 Å². The number of imide groups is 1. The summed E-state index contributed by atoms with van der Waals surface area (Å²) in [5.74, 6) is -1.16. The summed E-state index contributed by atoms with van der Waals surface area (Å²) < 4.78 is 22.6. The van der Waals surface area contributed by atoms with Gasteiger partial charge in [0.1, 0.15) is 0 Å². The molecule has 0 aliphatic carbocycles. The van der Waals surface area contributed by atoms with Crippen LogP contribution in [-0.4, -0.2) is 26.1 Å². The number of rotatable bonds is 5. The lowest BCUT2D eigenvalue weighted by Gasteiger charge is -2.14. The van der Waals surface area contributed by atoms with E-state index < -0.39 is 21.8 Å². The Morgan fingerprint density at radius 1 is 0.839 bits per heavy atom. The molecule has 0 saturated heterocycles. The number of nitrogens with one attached hydrogen (secondary N) is 1. The Balaban J connectivity index is 1.43. The molecule has 3 aromatic rings. The minimum absolute atomic E-state index is 0.00803. The molecular weight excluding hydrogens is 418 g/mol. The van der Waals surface area contributed by atoms with E-state index in [-0.39, 0.29) is 17.3 Å². The summed E-state index contributed by atoms with van der Waals surface area (Å²) in [5.41, 5.74) is 2.12. The zero-order valence-corrected chi connectivity index (χ0v) is 16.9. The predicted octanol–water partition coefficient (Wildman–Crippen LogP) is 2.06. The summed E-state index contributed by atoms with van der Waals surface area (Å²) in [7, 11) is -3.77. The smallest absolute Gasteiger partial charge is 0.266 e. The molecule has 0 fully saturated rings. The largest absolute Gasteiger partial charge is 0.348 e. The van der Waals surface area contributed by atoms with Gasteiger partial charge < -0.3 is 5.32 Å². The molecule has 3 aromatic carbocycles. The van der Waals surface area contributed by atoms with E-state index >= 15 is 0 Å². The highest BCUT2D eigenvalue weighted by Crippen LogP contribution is 2.28. The number of fused-ring (bicyclic) bond motifs is 1. The molecule has 0 radical (unpaired) electrons. The second-order valence-electron chi connectivity index (χ2n) is 6.91. The number of amides is 3. The van der Waals surface area contributed by atoms with E-state index in [1.807, 2.05) is 0 Å². The minimum Gasteiger partial charge on any atom is -0.348 e. The predicted molar refractivity (Wildman–Crippen MR) is 113 cm³/mol. The van der Waals surface area contributed by atoms with Gasteiger partial charge in [-0.1, -0.05) is 24.3 Å². The van der Waals surface area contributed by atoms with Gasteiger partial charge in [0.25, 0.3) is 17.7 Å². The van der Waals surface area contributed by atoms with Gasteiger partial charge in [0.2, 0.25) is 10.0 Å². The molecule has 4 rings (SSSR count).